The van der Waals surface area contributed by atoms with Crippen molar-refractivity contribution in [3.05, 3.63) is 0 Å². The summed E-state index contributed by atoms with van der Waals surface area (Å²) in [5.41, 5.74) is 0. The van der Waals surface area contributed by atoms with Gasteiger partial charge in [0.05, 0.1) is 41.3 Å². The van der Waals surface area contributed by atoms with E-state index in [2.05, 4.69) is 69.7 Å². The van der Waals surface area contributed by atoms with Crippen molar-refractivity contribution in [1.29, 1.82) is 0 Å². The van der Waals surface area contributed by atoms with Gasteiger partial charge in [-0.25, -0.2) is 9.59 Å². The van der Waals surface area contributed by atoms with Gasteiger partial charge in [0.2, 0.25) is 0 Å². The Labute approximate surface area is 245 Å². The SMILES string of the molecule is CC(C)[C@H]1CC[C@@H](C)C[C@H]1OC(=O)C[N+](C)(C)CCSCC[N+](C)(C)CC(=O)O[C@@H]1C[C@H](C)CC[C@@H]1C(C)C. The van der Waals surface area contributed by atoms with Gasteiger partial charge in [0.25, 0.3) is 0 Å². The van der Waals surface area contributed by atoms with Crippen LogP contribution in [0.1, 0.15) is 80.1 Å². The first-order valence-corrected chi connectivity index (χ1v) is 16.8. The fourth-order valence-corrected chi connectivity index (χ4v) is 7.95. The molecule has 0 unspecified atom stereocenters. The molecule has 2 aliphatic rings. The predicted molar refractivity (Wildman–Crippen MR) is 163 cm³/mol. The average Bonchev–Trinajstić information content (AvgIpc) is 2.77. The van der Waals surface area contributed by atoms with E-state index in [1.165, 1.54) is 12.8 Å². The summed E-state index contributed by atoms with van der Waals surface area (Å²) < 4.78 is 13.4. The molecule has 0 aromatic heterocycles. The summed E-state index contributed by atoms with van der Waals surface area (Å²) in [7, 11) is 8.49. The van der Waals surface area contributed by atoms with E-state index < -0.39 is 0 Å². The molecule has 0 N–H and O–H groups in total. The predicted octanol–water partition coefficient (Wildman–Crippen LogP) is 5.88. The van der Waals surface area contributed by atoms with Gasteiger partial charge in [0.1, 0.15) is 12.2 Å². The highest BCUT2D eigenvalue weighted by atomic mass is 32.2. The van der Waals surface area contributed by atoms with Crippen LogP contribution in [-0.2, 0) is 19.1 Å². The number of thioether (sulfide) groups is 1. The molecular formula is C32H62N2O4S+2. The lowest BCUT2D eigenvalue weighted by Crippen LogP contribution is -2.48. The van der Waals surface area contributed by atoms with Gasteiger partial charge < -0.3 is 18.4 Å². The van der Waals surface area contributed by atoms with Crippen LogP contribution in [0.25, 0.3) is 0 Å². The second-order valence-corrected chi connectivity index (χ2v) is 16.2. The molecule has 2 aliphatic carbocycles. The van der Waals surface area contributed by atoms with Gasteiger partial charge in [-0.1, -0.05) is 54.4 Å². The van der Waals surface area contributed by atoms with Crippen molar-refractivity contribution in [2.24, 2.45) is 35.5 Å². The number of carbonyl (C=O) groups excluding carboxylic acids is 2. The summed E-state index contributed by atoms with van der Waals surface area (Å²) in [4.78, 5) is 25.7. The van der Waals surface area contributed by atoms with E-state index in [9.17, 15) is 9.59 Å². The molecule has 0 spiro atoms. The second-order valence-electron chi connectivity index (χ2n) is 15.0. The van der Waals surface area contributed by atoms with E-state index in [4.69, 9.17) is 9.47 Å². The van der Waals surface area contributed by atoms with Crippen molar-refractivity contribution in [1.82, 2.24) is 0 Å². The van der Waals surface area contributed by atoms with Crippen molar-refractivity contribution >= 4 is 23.7 Å². The molecule has 0 bridgehead atoms. The van der Waals surface area contributed by atoms with Crippen LogP contribution in [-0.4, -0.2) is 99.0 Å². The highest BCUT2D eigenvalue weighted by Crippen LogP contribution is 2.36. The molecule has 39 heavy (non-hydrogen) atoms. The molecular weight excluding hydrogens is 508 g/mol. The standard InChI is InChI=1S/C32H62N2O4S/c1-23(2)27-13-11-25(5)19-29(27)37-31(35)21-33(7,8)15-17-39-18-16-34(9,10)22-32(36)38-30-20-26(6)12-14-28(30)24(3)4/h23-30H,11-22H2,1-10H3/q+2/t25-,26-,27-,28-,29-,30-/m1/s1. The Bertz CT molecular complexity index is 707. The van der Waals surface area contributed by atoms with Crippen LogP contribution in [0.15, 0.2) is 0 Å². The van der Waals surface area contributed by atoms with Gasteiger partial charge in [-0.05, 0) is 61.2 Å². The van der Waals surface area contributed by atoms with Crippen molar-refractivity contribution < 1.29 is 28.0 Å². The summed E-state index contributed by atoms with van der Waals surface area (Å²) in [6.45, 7) is 16.2. The monoisotopic (exact) mass is 570 g/mol. The molecule has 0 radical (unpaired) electrons. The molecule has 2 fully saturated rings. The number of hydrogen-bond donors (Lipinski definition) is 0. The molecule has 2 rings (SSSR count). The van der Waals surface area contributed by atoms with Crippen molar-refractivity contribution in [2.75, 3.05) is 65.9 Å². The van der Waals surface area contributed by atoms with Crippen LogP contribution in [0, 0.1) is 35.5 Å². The summed E-state index contributed by atoms with van der Waals surface area (Å²) in [6, 6.07) is 0. The Morgan fingerprint density at radius 3 is 1.38 bits per heavy atom. The van der Waals surface area contributed by atoms with Crippen LogP contribution in [0.3, 0.4) is 0 Å². The number of esters is 2. The topological polar surface area (TPSA) is 52.6 Å². The zero-order valence-electron chi connectivity index (χ0n) is 27.0. The molecule has 228 valence electrons. The number of ether oxygens (including phenoxy) is 2. The summed E-state index contributed by atoms with van der Waals surface area (Å²) >= 11 is 1.91. The Balaban J connectivity index is 1.70. The molecule has 0 aromatic carbocycles. The Kier molecular flexibility index (Phi) is 13.6. The van der Waals surface area contributed by atoms with Crippen LogP contribution in [0.5, 0.6) is 0 Å². The second kappa shape index (κ2) is 15.4. The van der Waals surface area contributed by atoms with Gasteiger partial charge in [-0.3, -0.25) is 0 Å². The normalized spacial score (nSPS) is 28.5. The van der Waals surface area contributed by atoms with Gasteiger partial charge in [-0.15, -0.1) is 0 Å². The van der Waals surface area contributed by atoms with Crippen molar-refractivity contribution in [2.45, 2.75) is 92.3 Å². The Hall–Kier alpha value is -0.790. The van der Waals surface area contributed by atoms with E-state index in [0.29, 0.717) is 57.6 Å². The maximum absolute atomic E-state index is 12.9. The van der Waals surface area contributed by atoms with E-state index in [0.717, 1.165) is 50.3 Å². The van der Waals surface area contributed by atoms with Crippen LogP contribution in [0.4, 0.5) is 0 Å². The zero-order valence-corrected chi connectivity index (χ0v) is 27.9. The third-order valence-electron chi connectivity index (χ3n) is 9.28. The molecule has 2 saturated carbocycles. The minimum absolute atomic E-state index is 0.0573. The molecule has 0 aliphatic heterocycles. The fraction of sp³-hybridized carbons (Fsp3) is 0.938. The maximum Gasteiger partial charge on any atom is 0.362 e. The number of carbonyl (C=O) groups is 2. The van der Waals surface area contributed by atoms with Crippen LogP contribution < -0.4 is 0 Å². The van der Waals surface area contributed by atoms with Gasteiger partial charge in [0.15, 0.2) is 13.1 Å². The molecule has 6 atom stereocenters. The highest BCUT2D eigenvalue weighted by molar-refractivity contribution is 7.99. The third kappa shape index (κ3) is 12.3. The third-order valence-corrected chi connectivity index (χ3v) is 10.2. The van der Waals surface area contributed by atoms with Crippen molar-refractivity contribution in [3.63, 3.8) is 0 Å². The Morgan fingerprint density at radius 2 is 1.05 bits per heavy atom. The highest BCUT2D eigenvalue weighted by Gasteiger charge is 2.36. The average molecular weight is 571 g/mol. The van der Waals surface area contributed by atoms with Crippen LogP contribution >= 0.6 is 11.8 Å². The van der Waals surface area contributed by atoms with E-state index in [1.807, 2.05) is 11.8 Å². The molecule has 7 heteroatoms. The first-order chi connectivity index (χ1) is 18.1. The maximum atomic E-state index is 12.9. The summed E-state index contributed by atoms with van der Waals surface area (Å²) in [6.07, 6.45) is 6.94. The zero-order chi connectivity index (χ0) is 29.4. The van der Waals surface area contributed by atoms with Crippen LogP contribution in [0.2, 0.25) is 0 Å². The first kappa shape index (κ1) is 34.4. The minimum Gasteiger partial charge on any atom is -0.458 e. The lowest BCUT2D eigenvalue weighted by Gasteiger charge is -2.37. The lowest BCUT2D eigenvalue weighted by molar-refractivity contribution is -0.881. The number of rotatable bonds is 14. The molecule has 0 aromatic rings. The molecule has 6 nitrogen and oxygen atoms in total. The van der Waals surface area contributed by atoms with Gasteiger partial charge in [0, 0.05) is 11.5 Å². The molecule has 0 heterocycles. The largest absolute Gasteiger partial charge is 0.458 e. The fourth-order valence-electron chi connectivity index (χ4n) is 6.50. The number of nitrogens with zero attached hydrogens (tertiary/aromatic N) is 2. The summed E-state index contributed by atoms with van der Waals surface area (Å²) in [5.74, 6) is 5.18. The molecule has 0 saturated heterocycles. The minimum atomic E-state index is -0.0573. The van der Waals surface area contributed by atoms with E-state index >= 15 is 0 Å². The number of quaternary nitrogens is 2. The Morgan fingerprint density at radius 1 is 0.692 bits per heavy atom. The van der Waals surface area contributed by atoms with E-state index in [-0.39, 0.29) is 24.1 Å². The smallest absolute Gasteiger partial charge is 0.362 e. The quantitative estimate of drug-likeness (QED) is 0.148. The lowest BCUT2D eigenvalue weighted by atomic mass is 9.75. The van der Waals surface area contributed by atoms with E-state index in [1.54, 1.807) is 0 Å². The number of likely N-dealkylation sites (N-methyl/N-ethyl adjacent to an activating group) is 2. The van der Waals surface area contributed by atoms with Gasteiger partial charge in [-0.2, -0.15) is 11.8 Å². The first-order valence-electron chi connectivity index (χ1n) is 15.7. The van der Waals surface area contributed by atoms with Crippen molar-refractivity contribution in [3.8, 4) is 0 Å². The summed E-state index contributed by atoms with van der Waals surface area (Å²) in [5, 5.41) is 0. The van der Waals surface area contributed by atoms with Gasteiger partial charge >= 0.3 is 11.9 Å². The number of hydrogen-bond acceptors (Lipinski definition) is 5. The molecule has 0 amide bonds.